The van der Waals surface area contributed by atoms with Crippen molar-refractivity contribution in [3.05, 3.63) is 180 Å². The molecule has 0 amide bonds. The number of hydrogen-bond donors (Lipinski definition) is 0. The minimum atomic E-state index is -0.0120. The average molecular weight is 765 g/mol. The molecule has 4 nitrogen and oxygen atoms in total. The molecular formula is C54H38B2N4. The Bertz CT molecular complexity index is 3320. The molecule has 0 atom stereocenters. The van der Waals surface area contributed by atoms with Crippen LogP contribution in [-0.2, 0) is 0 Å². The molecule has 0 N–H and O–H groups in total. The minimum Gasteiger partial charge on any atom is -0.374 e. The SMILES string of the molecule is Cc1ccc(N2c3ccc(C)cc3B3c4c(cccc42)-c2cccc4c2n3c2c3cccc5c3n(c42)B2c3cc(C)ccc3N(c3ccc(C)cc3)c3cccc-5c32)cc1. The van der Waals surface area contributed by atoms with Crippen molar-refractivity contribution in [1.82, 2.24) is 8.96 Å². The summed E-state index contributed by atoms with van der Waals surface area (Å²) in [5.41, 5.74) is 28.4. The number of hydrogen-bond acceptors (Lipinski definition) is 2. The molecule has 8 aromatic carbocycles. The Hall–Kier alpha value is -7.17. The van der Waals surface area contributed by atoms with E-state index in [1.807, 2.05) is 0 Å². The van der Waals surface area contributed by atoms with Gasteiger partial charge in [-0.15, -0.1) is 0 Å². The van der Waals surface area contributed by atoms with Crippen molar-refractivity contribution in [2.45, 2.75) is 27.7 Å². The van der Waals surface area contributed by atoms with Crippen LogP contribution in [0, 0.1) is 27.7 Å². The van der Waals surface area contributed by atoms with Gasteiger partial charge in [0, 0.05) is 67.1 Å². The van der Waals surface area contributed by atoms with Gasteiger partial charge in [-0.2, -0.15) is 0 Å². The normalized spacial score (nSPS) is 13.9. The van der Waals surface area contributed by atoms with Gasteiger partial charge in [-0.1, -0.05) is 131 Å². The number of anilines is 6. The van der Waals surface area contributed by atoms with Crippen molar-refractivity contribution < 1.29 is 0 Å². The van der Waals surface area contributed by atoms with Crippen LogP contribution in [-0.4, -0.2) is 22.7 Å². The van der Waals surface area contributed by atoms with Crippen molar-refractivity contribution in [1.29, 1.82) is 0 Å². The summed E-state index contributed by atoms with van der Waals surface area (Å²) in [6, 6.07) is 60.3. The van der Waals surface area contributed by atoms with Gasteiger partial charge in [-0.3, -0.25) is 0 Å². The first kappa shape index (κ1) is 32.7. The van der Waals surface area contributed by atoms with Crippen molar-refractivity contribution in [3.8, 4) is 22.3 Å². The van der Waals surface area contributed by atoms with Crippen LogP contribution >= 0.6 is 0 Å². The molecule has 6 heterocycles. The fourth-order valence-corrected chi connectivity index (χ4v) is 11.7. The smallest absolute Gasteiger partial charge is 0.333 e. The third-order valence-corrected chi connectivity index (χ3v) is 14.1. The monoisotopic (exact) mass is 764 g/mol. The average Bonchev–Trinajstić information content (AvgIpc) is 3.79. The summed E-state index contributed by atoms with van der Waals surface area (Å²) in [4.78, 5) is 5.01. The number of nitrogens with zero attached hydrogens (tertiary/aromatic N) is 4. The molecule has 0 bridgehead atoms. The Morgan fingerprint density at radius 3 is 1.15 bits per heavy atom. The lowest BCUT2D eigenvalue weighted by Crippen LogP contribution is -2.56. The number of para-hydroxylation sites is 2. The number of rotatable bonds is 2. The van der Waals surface area contributed by atoms with E-state index in [-0.39, 0.29) is 13.7 Å². The zero-order chi connectivity index (χ0) is 39.7. The Morgan fingerprint density at radius 1 is 0.333 bits per heavy atom. The first-order valence-electron chi connectivity index (χ1n) is 21.3. The van der Waals surface area contributed by atoms with Gasteiger partial charge in [0.15, 0.2) is 0 Å². The summed E-state index contributed by atoms with van der Waals surface area (Å²) < 4.78 is 5.52. The van der Waals surface area contributed by atoms with E-state index in [4.69, 9.17) is 0 Å². The summed E-state index contributed by atoms with van der Waals surface area (Å²) in [7, 11) is 0. The van der Waals surface area contributed by atoms with E-state index in [0.717, 1.165) is 0 Å². The maximum absolute atomic E-state index is 2.76. The van der Waals surface area contributed by atoms with Crippen molar-refractivity contribution >= 4 is 103 Å². The Kier molecular flexibility index (Phi) is 6.17. The van der Waals surface area contributed by atoms with E-state index in [9.17, 15) is 0 Å². The predicted octanol–water partition coefficient (Wildman–Crippen LogP) is 10.8. The number of fused-ring (bicyclic) bond motifs is 13. The number of aryl methyl sites for hydroxylation is 4. The van der Waals surface area contributed by atoms with Crippen LogP contribution in [0.5, 0.6) is 0 Å². The van der Waals surface area contributed by atoms with Crippen LogP contribution in [0.25, 0.3) is 55.1 Å². The molecule has 14 rings (SSSR count). The lowest BCUT2D eigenvalue weighted by atomic mass is 9.45. The first-order valence-corrected chi connectivity index (χ1v) is 21.3. The van der Waals surface area contributed by atoms with Crippen LogP contribution in [0.2, 0.25) is 0 Å². The highest BCUT2D eigenvalue weighted by molar-refractivity contribution is 6.92. The van der Waals surface area contributed by atoms with E-state index < -0.39 is 0 Å². The van der Waals surface area contributed by atoms with Crippen LogP contribution in [0.3, 0.4) is 0 Å². The molecule has 2 aromatic heterocycles. The maximum Gasteiger partial charge on any atom is 0.333 e. The van der Waals surface area contributed by atoms with Gasteiger partial charge in [0.1, 0.15) is 0 Å². The molecule has 0 saturated carbocycles. The van der Waals surface area contributed by atoms with Gasteiger partial charge in [0.25, 0.3) is 0 Å². The molecule has 0 spiro atoms. The van der Waals surface area contributed by atoms with E-state index in [1.165, 1.54) is 133 Å². The molecule has 0 aliphatic carbocycles. The van der Waals surface area contributed by atoms with Gasteiger partial charge >= 0.3 is 13.7 Å². The second-order valence-electron chi connectivity index (χ2n) is 17.6. The highest BCUT2D eigenvalue weighted by atomic mass is 15.2. The zero-order valence-corrected chi connectivity index (χ0v) is 34.0. The molecule has 0 saturated heterocycles. The summed E-state index contributed by atoms with van der Waals surface area (Å²) >= 11 is 0. The minimum absolute atomic E-state index is 0.0120. The van der Waals surface area contributed by atoms with Gasteiger partial charge in [0.05, 0.1) is 11.0 Å². The lowest BCUT2D eigenvalue weighted by molar-refractivity contribution is 1.24. The fraction of sp³-hybridized carbons (Fsp3) is 0.0741. The van der Waals surface area contributed by atoms with Crippen molar-refractivity contribution in [2.24, 2.45) is 0 Å². The standard InChI is InChI=1S/C54H38B2N4/c1-31-17-23-35(24-18-31)57-45-27-21-33(3)29-43(45)55-49-37(9-7-15-47(49)57)39-11-5-13-41-51(39)59(55)53-42-14-6-12-40-38-10-8-16-48-50(38)56(60(52(40)42)54(41)53)44-30-34(4)22-28-46(44)58(48)36-25-19-32(2)20-26-36/h5-30H,1-4H3. The summed E-state index contributed by atoms with van der Waals surface area (Å²) in [6.07, 6.45) is 0. The Morgan fingerprint density at radius 2 is 0.717 bits per heavy atom. The summed E-state index contributed by atoms with van der Waals surface area (Å²) in [5.74, 6) is 0. The molecule has 280 valence electrons. The highest BCUT2D eigenvalue weighted by Crippen LogP contribution is 2.50. The molecule has 6 heteroatoms. The predicted molar refractivity (Wildman–Crippen MR) is 255 cm³/mol. The second-order valence-corrected chi connectivity index (χ2v) is 17.6. The lowest BCUT2D eigenvalue weighted by Gasteiger charge is -2.40. The molecule has 4 aliphatic rings. The largest absolute Gasteiger partial charge is 0.374 e. The molecular weight excluding hydrogens is 726 g/mol. The van der Waals surface area contributed by atoms with Crippen molar-refractivity contribution in [3.63, 3.8) is 0 Å². The van der Waals surface area contributed by atoms with Crippen LogP contribution in [0.1, 0.15) is 22.3 Å². The third kappa shape index (κ3) is 3.95. The number of benzene rings is 8. The molecule has 0 fully saturated rings. The molecule has 4 aliphatic heterocycles. The van der Waals surface area contributed by atoms with Crippen molar-refractivity contribution in [2.75, 3.05) is 9.80 Å². The van der Waals surface area contributed by atoms with Gasteiger partial charge < -0.3 is 18.8 Å². The van der Waals surface area contributed by atoms with E-state index in [0.29, 0.717) is 0 Å². The van der Waals surface area contributed by atoms with Gasteiger partial charge in [0.2, 0.25) is 0 Å². The molecule has 0 unspecified atom stereocenters. The van der Waals surface area contributed by atoms with Crippen LogP contribution in [0.15, 0.2) is 158 Å². The second kappa shape index (κ2) is 11.3. The van der Waals surface area contributed by atoms with E-state index in [2.05, 4.69) is 204 Å². The summed E-state index contributed by atoms with van der Waals surface area (Å²) in [6.45, 7) is 8.80. The third-order valence-electron chi connectivity index (χ3n) is 14.1. The molecule has 60 heavy (non-hydrogen) atoms. The molecule has 0 radical (unpaired) electrons. The van der Waals surface area contributed by atoms with Crippen LogP contribution in [0.4, 0.5) is 34.1 Å². The fourth-order valence-electron chi connectivity index (χ4n) is 11.7. The first-order chi connectivity index (χ1) is 29.4. The van der Waals surface area contributed by atoms with E-state index >= 15 is 0 Å². The maximum atomic E-state index is 2.76. The van der Waals surface area contributed by atoms with E-state index in [1.54, 1.807) is 0 Å². The van der Waals surface area contributed by atoms with Gasteiger partial charge in [-0.25, -0.2) is 0 Å². The molecule has 10 aromatic rings. The Labute approximate surface area is 349 Å². The van der Waals surface area contributed by atoms with Crippen LogP contribution < -0.4 is 31.7 Å². The topological polar surface area (TPSA) is 16.3 Å². The Balaban J connectivity index is 1.13. The number of aromatic nitrogens is 2. The highest BCUT2D eigenvalue weighted by Gasteiger charge is 2.47. The zero-order valence-electron chi connectivity index (χ0n) is 34.0. The quantitative estimate of drug-likeness (QED) is 0.163. The summed E-state index contributed by atoms with van der Waals surface area (Å²) in [5, 5.41) is 2.62. The van der Waals surface area contributed by atoms with Gasteiger partial charge in [-0.05, 0) is 109 Å².